The molecule has 5 rings (SSSR count). The Hall–Kier alpha value is -2.40. The van der Waals surface area contributed by atoms with E-state index in [4.69, 9.17) is 4.42 Å². The lowest BCUT2D eigenvalue weighted by Crippen LogP contribution is -2.31. The van der Waals surface area contributed by atoms with E-state index in [0.29, 0.717) is 6.04 Å². The topological polar surface area (TPSA) is 47.1 Å². The van der Waals surface area contributed by atoms with E-state index in [1.807, 2.05) is 42.9 Å². The summed E-state index contributed by atoms with van der Waals surface area (Å²) in [6.45, 7) is 2.66. The largest absolute Gasteiger partial charge is 0.439 e. The van der Waals surface area contributed by atoms with Gasteiger partial charge in [0.1, 0.15) is 0 Å². The molecule has 0 amide bonds. The Morgan fingerprint density at radius 1 is 1.12 bits per heavy atom. The van der Waals surface area contributed by atoms with Gasteiger partial charge in [-0.25, -0.2) is 9.97 Å². The number of nitrogens with zero attached hydrogens (tertiary/aromatic N) is 4. The van der Waals surface area contributed by atoms with Crippen molar-refractivity contribution in [3.05, 3.63) is 60.1 Å². The van der Waals surface area contributed by atoms with Crippen LogP contribution in [0.5, 0.6) is 0 Å². The number of hydrogen-bond acceptors (Lipinski definition) is 4. The summed E-state index contributed by atoms with van der Waals surface area (Å²) < 4.78 is 8.33. The lowest BCUT2D eigenvalue weighted by Gasteiger charge is -2.25. The van der Waals surface area contributed by atoms with E-state index in [0.717, 1.165) is 43.3 Å². The van der Waals surface area contributed by atoms with Gasteiger partial charge in [-0.1, -0.05) is 30.3 Å². The molecule has 24 heavy (non-hydrogen) atoms. The maximum atomic E-state index is 5.94. The van der Waals surface area contributed by atoms with Gasteiger partial charge in [0.25, 0.3) is 0 Å². The zero-order valence-corrected chi connectivity index (χ0v) is 13.6. The summed E-state index contributed by atoms with van der Waals surface area (Å²) in [6, 6.07) is 10.8. The van der Waals surface area contributed by atoms with Crippen molar-refractivity contribution < 1.29 is 4.42 Å². The van der Waals surface area contributed by atoms with Crippen LogP contribution >= 0.6 is 0 Å². The minimum absolute atomic E-state index is 0.716. The first kappa shape index (κ1) is 14.0. The van der Waals surface area contributed by atoms with Crippen molar-refractivity contribution in [1.29, 1.82) is 0 Å². The molecule has 1 aliphatic heterocycles. The highest BCUT2D eigenvalue weighted by molar-refractivity contribution is 5.55. The maximum absolute atomic E-state index is 5.94. The Morgan fingerprint density at radius 2 is 2.00 bits per heavy atom. The number of imidazole rings is 1. The fourth-order valence-electron chi connectivity index (χ4n) is 3.50. The summed E-state index contributed by atoms with van der Waals surface area (Å²) in [4.78, 5) is 11.5. The molecule has 0 atom stereocenters. The second kappa shape index (κ2) is 5.60. The van der Waals surface area contributed by atoms with Crippen molar-refractivity contribution in [2.45, 2.75) is 38.4 Å². The molecule has 0 unspecified atom stereocenters. The first-order chi connectivity index (χ1) is 11.9. The van der Waals surface area contributed by atoms with Crippen molar-refractivity contribution in [3.63, 3.8) is 0 Å². The minimum atomic E-state index is 0.716. The van der Waals surface area contributed by atoms with E-state index in [-0.39, 0.29) is 0 Å². The van der Waals surface area contributed by atoms with Gasteiger partial charge in [0, 0.05) is 36.8 Å². The minimum Gasteiger partial charge on any atom is -0.439 e. The fraction of sp³-hybridized carbons (Fsp3) is 0.368. The van der Waals surface area contributed by atoms with Crippen molar-refractivity contribution in [2.24, 2.45) is 0 Å². The molecule has 1 saturated carbocycles. The van der Waals surface area contributed by atoms with E-state index >= 15 is 0 Å². The summed E-state index contributed by atoms with van der Waals surface area (Å²) in [6.07, 6.45) is 7.54. The Labute approximate surface area is 141 Å². The molecule has 0 N–H and O–H groups in total. The average Bonchev–Trinajstić information content (AvgIpc) is 3.21. The molecule has 3 aromatic rings. The smallest absolute Gasteiger partial charge is 0.209 e. The van der Waals surface area contributed by atoms with Crippen LogP contribution in [0, 0.1) is 0 Å². The molecule has 5 heteroatoms. The zero-order chi connectivity index (χ0) is 15.9. The summed E-state index contributed by atoms with van der Waals surface area (Å²) in [5.41, 5.74) is 3.73. The van der Waals surface area contributed by atoms with E-state index in [9.17, 15) is 0 Å². The van der Waals surface area contributed by atoms with Crippen LogP contribution in [0.4, 0.5) is 0 Å². The predicted octanol–water partition coefficient (Wildman–Crippen LogP) is 3.43. The molecule has 1 aliphatic carbocycles. The number of rotatable bonds is 4. The lowest BCUT2D eigenvalue weighted by molar-refractivity contribution is 0.217. The Kier molecular flexibility index (Phi) is 3.26. The molecule has 1 fully saturated rings. The van der Waals surface area contributed by atoms with Gasteiger partial charge >= 0.3 is 0 Å². The highest BCUT2D eigenvalue weighted by atomic mass is 16.4. The monoisotopic (exact) mass is 320 g/mol. The third kappa shape index (κ3) is 2.55. The molecule has 2 aromatic heterocycles. The summed E-state index contributed by atoms with van der Waals surface area (Å²) in [7, 11) is 0. The lowest BCUT2D eigenvalue weighted by atomic mass is 10.1. The van der Waals surface area contributed by atoms with Gasteiger partial charge < -0.3 is 8.98 Å². The molecule has 1 aromatic carbocycles. The third-order valence-corrected chi connectivity index (χ3v) is 4.93. The zero-order valence-electron chi connectivity index (χ0n) is 13.6. The van der Waals surface area contributed by atoms with Gasteiger partial charge in [0.05, 0.1) is 24.8 Å². The van der Waals surface area contributed by atoms with Gasteiger partial charge in [0.15, 0.2) is 5.76 Å². The number of aromatic nitrogens is 3. The van der Waals surface area contributed by atoms with Crippen molar-refractivity contribution in [3.8, 4) is 11.3 Å². The van der Waals surface area contributed by atoms with Crippen LogP contribution in [0.1, 0.15) is 36.2 Å². The van der Waals surface area contributed by atoms with Crippen LogP contribution in [-0.2, 0) is 19.5 Å². The first-order valence-corrected chi connectivity index (χ1v) is 8.64. The van der Waals surface area contributed by atoms with Crippen LogP contribution in [0.3, 0.4) is 0 Å². The normalized spacial score (nSPS) is 17.8. The van der Waals surface area contributed by atoms with Gasteiger partial charge in [-0.15, -0.1) is 0 Å². The molecule has 0 saturated heterocycles. The molecule has 0 bridgehead atoms. The van der Waals surface area contributed by atoms with Crippen molar-refractivity contribution >= 4 is 0 Å². The van der Waals surface area contributed by atoms with Crippen molar-refractivity contribution in [2.75, 3.05) is 6.54 Å². The standard InChI is InChI=1S/C19H20N4O/c1-2-4-14(5-3-1)18-10-20-19(24-18)12-22-9-8-17-16(11-22)21-13-23(17)15-6-7-15/h1-5,10,13,15H,6-9,11-12H2. The van der Waals surface area contributed by atoms with Crippen LogP contribution in [0.25, 0.3) is 11.3 Å². The van der Waals surface area contributed by atoms with Gasteiger partial charge in [-0.05, 0) is 12.8 Å². The molecule has 2 aliphatic rings. The Bertz CT molecular complexity index is 847. The van der Waals surface area contributed by atoms with Crippen molar-refractivity contribution in [1.82, 2.24) is 19.4 Å². The highest BCUT2D eigenvalue weighted by Crippen LogP contribution is 2.37. The van der Waals surface area contributed by atoms with Gasteiger partial charge in [-0.2, -0.15) is 0 Å². The highest BCUT2D eigenvalue weighted by Gasteiger charge is 2.29. The average molecular weight is 320 g/mol. The fourth-order valence-corrected chi connectivity index (χ4v) is 3.50. The molecule has 5 nitrogen and oxygen atoms in total. The number of hydrogen-bond donors (Lipinski definition) is 0. The Balaban J connectivity index is 1.30. The number of benzene rings is 1. The molecule has 0 radical (unpaired) electrons. The second-order valence-electron chi connectivity index (χ2n) is 6.72. The molecular formula is C19H20N4O. The molecule has 0 spiro atoms. The van der Waals surface area contributed by atoms with Gasteiger partial charge in [-0.3, -0.25) is 4.90 Å². The van der Waals surface area contributed by atoms with E-state index in [2.05, 4.69) is 19.4 Å². The SMILES string of the molecule is c1ccc(-c2cnc(CN3CCc4c(ncn4C4CC4)C3)o2)cc1. The first-order valence-electron chi connectivity index (χ1n) is 8.64. The second-order valence-corrected chi connectivity index (χ2v) is 6.72. The summed E-state index contributed by atoms with van der Waals surface area (Å²) >= 11 is 0. The predicted molar refractivity (Wildman–Crippen MR) is 90.3 cm³/mol. The molecular weight excluding hydrogens is 300 g/mol. The van der Waals surface area contributed by atoms with E-state index in [1.165, 1.54) is 24.2 Å². The summed E-state index contributed by atoms with van der Waals surface area (Å²) in [5.74, 6) is 1.61. The van der Waals surface area contributed by atoms with Gasteiger partial charge in [0.2, 0.25) is 5.89 Å². The van der Waals surface area contributed by atoms with E-state index in [1.54, 1.807) is 0 Å². The molecule has 3 heterocycles. The quantitative estimate of drug-likeness (QED) is 0.739. The third-order valence-electron chi connectivity index (χ3n) is 4.93. The van der Waals surface area contributed by atoms with E-state index < -0.39 is 0 Å². The Morgan fingerprint density at radius 3 is 2.83 bits per heavy atom. The van der Waals surface area contributed by atoms with Crippen LogP contribution in [0.15, 0.2) is 47.3 Å². The maximum Gasteiger partial charge on any atom is 0.209 e. The number of fused-ring (bicyclic) bond motifs is 1. The molecule has 122 valence electrons. The van der Waals surface area contributed by atoms with Crippen LogP contribution in [0.2, 0.25) is 0 Å². The number of oxazole rings is 1. The van der Waals surface area contributed by atoms with Crippen LogP contribution in [-0.4, -0.2) is 26.0 Å². The summed E-state index contributed by atoms with van der Waals surface area (Å²) in [5, 5.41) is 0. The van der Waals surface area contributed by atoms with Crippen LogP contribution < -0.4 is 0 Å².